The summed E-state index contributed by atoms with van der Waals surface area (Å²) in [6.45, 7) is 2.76. The van der Waals surface area contributed by atoms with Crippen molar-refractivity contribution in [2.45, 2.75) is 27.4 Å². The van der Waals surface area contributed by atoms with Crippen molar-refractivity contribution in [1.29, 1.82) is 0 Å². The molecule has 2 rings (SSSR count). The molecule has 8 heteroatoms. The van der Waals surface area contributed by atoms with Crippen molar-refractivity contribution in [2.24, 2.45) is 5.10 Å². The van der Waals surface area contributed by atoms with E-state index in [0.717, 1.165) is 11.1 Å². The standard InChI is InChI=1S/C20H22F2N2O4/c1-4-26-18-10-15(5-6-17(18)28-20(21)22)11-23-24-19(25)12-27-16-8-13(2)7-14(3)9-16/h5-11,20H,4,12H2,1-3H3,(H,24,25)/b23-11-. The van der Waals surface area contributed by atoms with Crippen LogP contribution in [0, 0.1) is 13.8 Å². The Labute approximate surface area is 162 Å². The molecular formula is C20H22F2N2O4. The normalized spacial score (nSPS) is 10.9. The first kappa shape index (κ1) is 21.1. The number of aryl methyl sites for hydroxylation is 2. The molecule has 0 bridgehead atoms. The van der Waals surface area contributed by atoms with E-state index >= 15 is 0 Å². The lowest BCUT2D eigenvalue weighted by Gasteiger charge is -2.11. The number of hydrogen-bond acceptors (Lipinski definition) is 5. The minimum absolute atomic E-state index is 0.0696. The Balaban J connectivity index is 1.92. The van der Waals surface area contributed by atoms with Crippen molar-refractivity contribution in [2.75, 3.05) is 13.2 Å². The molecular weight excluding hydrogens is 370 g/mol. The summed E-state index contributed by atoms with van der Waals surface area (Å²) in [5, 5.41) is 3.83. The predicted molar refractivity (Wildman–Crippen MR) is 101 cm³/mol. The average molecular weight is 392 g/mol. The lowest BCUT2D eigenvalue weighted by Crippen LogP contribution is -2.24. The van der Waals surface area contributed by atoms with Gasteiger partial charge in [-0.3, -0.25) is 4.79 Å². The van der Waals surface area contributed by atoms with E-state index in [1.54, 1.807) is 6.92 Å². The lowest BCUT2D eigenvalue weighted by molar-refractivity contribution is -0.123. The molecule has 0 aliphatic heterocycles. The average Bonchev–Trinajstić information content (AvgIpc) is 2.61. The highest BCUT2D eigenvalue weighted by Crippen LogP contribution is 2.29. The molecule has 1 amide bonds. The molecule has 2 aromatic carbocycles. The summed E-state index contributed by atoms with van der Waals surface area (Å²) < 4.78 is 39.9. The summed E-state index contributed by atoms with van der Waals surface area (Å²) in [5.41, 5.74) is 4.96. The first-order valence-corrected chi connectivity index (χ1v) is 8.62. The van der Waals surface area contributed by atoms with Gasteiger partial charge in [-0.1, -0.05) is 6.07 Å². The number of amides is 1. The van der Waals surface area contributed by atoms with E-state index in [1.807, 2.05) is 32.0 Å². The van der Waals surface area contributed by atoms with Crippen molar-refractivity contribution < 1.29 is 27.8 Å². The van der Waals surface area contributed by atoms with E-state index in [1.165, 1.54) is 24.4 Å². The first-order valence-electron chi connectivity index (χ1n) is 8.62. The second-order valence-corrected chi connectivity index (χ2v) is 5.92. The first-order chi connectivity index (χ1) is 13.4. The minimum atomic E-state index is -2.95. The number of nitrogens with one attached hydrogen (secondary N) is 1. The fourth-order valence-corrected chi connectivity index (χ4v) is 2.44. The zero-order chi connectivity index (χ0) is 20.5. The van der Waals surface area contributed by atoms with Crippen LogP contribution in [0.2, 0.25) is 0 Å². The Morgan fingerprint density at radius 2 is 1.82 bits per heavy atom. The zero-order valence-corrected chi connectivity index (χ0v) is 15.9. The summed E-state index contributed by atoms with van der Waals surface area (Å²) in [4.78, 5) is 11.8. The Hall–Kier alpha value is -3.16. The van der Waals surface area contributed by atoms with Gasteiger partial charge in [-0.15, -0.1) is 0 Å². The van der Waals surface area contributed by atoms with Crippen LogP contribution >= 0.6 is 0 Å². The fourth-order valence-electron chi connectivity index (χ4n) is 2.44. The molecule has 0 heterocycles. The monoisotopic (exact) mass is 392 g/mol. The third kappa shape index (κ3) is 6.86. The largest absolute Gasteiger partial charge is 0.490 e. The number of carbonyl (C=O) groups excluding carboxylic acids is 1. The van der Waals surface area contributed by atoms with Crippen molar-refractivity contribution in [1.82, 2.24) is 5.43 Å². The van der Waals surface area contributed by atoms with Gasteiger partial charge >= 0.3 is 6.61 Å². The molecule has 0 fully saturated rings. The zero-order valence-electron chi connectivity index (χ0n) is 15.9. The van der Waals surface area contributed by atoms with Crippen LogP contribution in [-0.2, 0) is 4.79 Å². The van der Waals surface area contributed by atoms with Gasteiger partial charge < -0.3 is 14.2 Å². The van der Waals surface area contributed by atoms with E-state index < -0.39 is 12.5 Å². The van der Waals surface area contributed by atoms with Gasteiger partial charge in [-0.05, 0) is 67.8 Å². The number of rotatable bonds is 9. The molecule has 0 aromatic heterocycles. The van der Waals surface area contributed by atoms with Gasteiger partial charge in [0, 0.05) is 0 Å². The number of nitrogens with zero attached hydrogens (tertiary/aromatic N) is 1. The second kappa shape index (κ2) is 10.2. The summed E-state index contributed by atoms with van der Waals surface area (Å²) in [7, 11) is 0. The summed E-state index contributed by atoms with van der Waals surface area (Å²) in [6.07, 6.45) is 1.36. The van der Waals surface area contributed by atoms with Crippen LogP contribution in [0.3, 0.4) is 0 Å². The molecule has 0 saturated heterocycles. The van der Waals surface area contributed by atoms with E-state index in [2.05, 4.69) is 15.3 Å². The number of hydrazone groups is 1. The van der Waals surface area contributed by atoms with Gasteiger partial charge in [-0.2, -0.15) is 13.9 Å². The molecule has 0 aliphatic rings. The van der Waals surface area contributed by atoms with Gasteiger partial charge in [-0.25, -0.2) is 5.43 Å². The highest BCUT2D eigenvalue weighted by atomic mass is 19.3. The van der Waals surface area contributed by atoms with E-state index in [9.17, 15) is 13.6 Å². The maximum atomic E-state index is 12.4. The Bertz CT molecular complexity index is 821. The maximum absolute atomic E-state index is 12.4. The van der Waals surface area contributed by atoms with Crippen molar-refractivity contribution in [3.8, 4) is 17.2 Å². The molecule has 1 N–H and O–H groups in total. The molecule has 0 unspecified atom stereocenters. The Kier molecular flexibility index (Phi) is 7.74. The SMILES string of the molecule is CCOc1cc(/C=N\NC(=O)COc2cc(C)cc(C)c2)ccc1OC(F)F. The highest BCUT2D eigenvalue weighted by Gasteiger charge is 2.11. The molecule has 0 aliphatic carbocycles. The molecule has 6 nitrogen and oxygen atoms in total. The number of alkyl halides is 2. The van der Waals surface area contributed by atoms with Crippen LogP contribution in [0.15, 0.2) is 41.5 Å². The molecule has 150 valence electrons. The van der Waals surface area contributed by atoms with Crippen molar-refractivity contribution in [3.05, 3.63) is 53.1 Å². The van der Waals surface area contributed by atoms with E-state index in [-0.39, 0.29) is 24.7 Å². The van der Waals surface area contributed by atoms with E-state index in [0.29, 0.717) is 11.3 Å². The van der Waals surface area contributed by atoms with Crippen LogP contribution in [0.25, 0.3) is 0 Å². The number of carbonyl (C=O) groups is 1. The third-order valence-electron chi connectivity index (χ3n) is 3.45. The fraction of sp³-hybridized carbons (Fsp3) is 0.300. The molecule has 2 aromatic rings. The van der Waals surface area contributed by atoms with Gasteiger partial charge in [0.1, 0.15) is 5.75 Å². The highest BCUT2D eigenvalue weighted by molar-refractivity contribution is 5.83. The topological polar surface area (TPSA) is 69.2 Å². The van der Waals surface area contributed by atoms with Crippen LogP contribution in [0.4, 0.5) is 8.78 Å². The van der Waals surface area contributed by atoms with E-state index in [4.69, 9.17) is 9.47 Å². The Morgan fingerprint density at radius 3 is 2.46 bits per heavy atom. The molecule has 0 spiro atoms. The van der Waals surface area contributed by atoms with Gasteiger partial charge in [0.2, 0.25) is 0 Å². The molecule has 0 atom stereocenters. The lowest BCUT2D eigenvalue weighted by atomic mass is 10.1. The smallest absolute Gasteiger partial charge is 0.387 e. The predicted octanol–water partition coefficient (Wildman–Crippen LogP) is 3.83. The maximum Gasteiger partial charge on any atom is 0.387 e. The Morgan fingerprint density at radius 1 is 1.11 bits per heavy atom. The van der Waals surface area contributed by atoms with Crippen LogP contribution in [0.5, 0.6) is 17.2 Å². The molecule has 28 heavy (non-hydrogen) atoms. The quantitative estimate of drug-likeness (QED) is 0.520. The molecule has 0 radical (unpaired) electrons. The summed E-state index contributed by atoms with van der Waals surface area (Å²) >= 11 is 0. The summed E-state index contributed by atoms with van der Waals surface area (Å²) in [5.74, 6) is 0.266. The van der Waals surface area contributed by atoms with Crippen LogP contribution in [-0.4, -0.2) is 31.9 Å². The number of ether oxygens (including phenoxy) is 3. The minimum Gasteiger partial charge on any atom is -0.490 e. The number of halogens is 2. The third-order valence-corrected chi connectivity index (χ3v) is 3.45. The van der Waals surface area contributed by atoms with Crippen LogP contribution < -0.4 is 19.6 Å². The number of hydrogen-bond donors (Lipinski definition) is 1. The number of benzene rings is 2. The summed E-state index contributed by atoms with van der Waals surface area (Å²) in [6, 6.07) is 10.0. The molecule has 0 saturated carbocycles. The second-order valence-electron chi connectivity index (χ2n) is 5.92. The van der Waals surface area contributed by atoms with Crippen molar-refractivity contribution in [3.63, 3.8) is 0 Å². The van der Waals surface area contributed by atoms with Crippen molar-refractivity contribution >= 4 is 12.1 Å². The van der Waals surface area contributed by atoms with Gasteiger partial charge in [0.05, 0.1) is 12.8 Å². The van der Waals surface area contributed by atoms with Crippen LogP contribution in [0.1, 0.15) is 23.6 Å². The van der Waals surface area contributed by atoms with Gasteiger partial charge in [0.25, 0.3) is 5.91 Å². The van der Waals surface area contributed by atoms with Gasteiger partial charge in [0.15, 0.2) is 18.1 Å².